The predicted octanol–water partition coefficient (Wildman–Crippen LogP) is 0.588. The smallest absolute Gasteiger partial charge is 0.335 e. The third kappa shape index (κ3) is 6.04. The van der Waals surface area contributed by atoms with Crippen LogP contribution in [0.5, 0.6) is 0 Å². The number of carbonyl (C=O) groups is 1. The highest BCUT2D eigenvalue weighted by molar-refractivity contribution is 5.73. The quantitative estimate of drug-likeness (QED) is 0.505. The monoisotopic (exact) mass is 330 g/mol. The van der Waals surface area contributed by atoms with E-state index in [0.29, 0.717) is 0 Å². The molecule has 1 heterocycles. The number of ether oxygens (including phenoxy) is 2. The molecule has 4 N–H and O–H groups in total. The third-order valence-electron chi connectivity index (χ3n) is 3.60. The standard InChI is InChI=1S/C16H26O7/c1-9(2)5-4-6-10(3)7-8-22-16-13(19)11(17)12(18)14(23-16)15(20)21/h5,7,11-14,16-19H,4,6,8H2,1-3H3,(H,20,21)/b10-7-. The van der Waals surface area contributed by atoms with E-state index in [4.69, 9.17) is 14.6 Å². The van der Waals surface area contributed by atoms with Crippen molar-refractivity contribution in [1.29, 1.82) is 0 Å². The Labute approximate surface area is 135 Å². The molecule has 1 aliphatic heterocycles. The van der Waals surface area contributed by atoms with E-state index in [-0.39, 0.29) is 6.61 Å². The second-order valence-corrected chi connectivity index (χ2v) is 5.94. The molecule has 132 valence electrons. The van der Waals surface area contributed by atoms with Crippen LogP contribution in [0.3, 0.4) is 0 Å². The fourth-order valence-electron chi connectivity index (χ4n) is 2.17. The molecule has 0 radical (unpaired) electrons. The minimum atomic E-state index is -1.70. The van der Waals surface area contributed by atoms with Crippen molar-refractivity contribution in [1.82, 2.24) is 0 Å². The van der Waals surface area contributed by atoms with E-state index in [9.17, 15) is 20.1 Å². The average molecular weight is 330 g/mol. The SMILES string of the molecule is CC(C)=CCC/C(C)=C\COC1OC(C(=O)O)C(O)C(O)C1O. The lowest BCUT2D eigenvalue weighted by molar-refractivity contribution is -0.291. The second kappa shape index (κ2) is 9.14. The van der Waals surface area contributed by atoms with Gasteiger partial charge in [0, 0.05) is 0 Å². The molecule has 0 aromatic rings. The molecule has 0 saturated carbocycles. The van der Waals surface area contributed by atoms with Crippen LogP contribution in [0.15, 0.2) is 23.3 Å². The summed E-state index contributed by atoms with van der Waals surface area (Å²) in [6, 6.07) is 0. The Morgan fingerprint density at radius 2 is 1.74 bits per heavy atom. The molecule has 1 aliphatic rings. The number of carboxylic acid groups (broad SMARTS) is 1. The third-order valence-corrected chi connectivity index (χ3v) is 3.60. The minimum Gasteiger partial charge on any atom is -0.479 e. The van der Waals surface area contributed by atoms with Gasteiger partial charge in [-0.25, -0.2) is 4.79 Å². The zero-order valence-corrected chi connectivity index (χ0v) is 13.7. The summed E-state index contributed by atoms with van der Waals surface area (Å²) in [6.45, 7) is 6.11. The lowest BCUT2D eigenvalue weighted by Gasteiger charge is -2.38. The van der Waals surface area contributed by atoms with Crippen molar-refractivity contribution >= 4 is 5.97 Å². The van der Waals surface area contributed by atoms with Crippen LogP contribution in [0, 0.1) is 0 Å². The molecule has 0 spiro atoms. The molecule has 0 aromatic heterocycles. The lowest BCUT2D eigenvalue weighted by Crippen LogP contribution is -2.60. The van der Waals surface area contributed by atoms with Crippen LogP contribution in [-0.4, -0.2) is 63.7 Å². The molecular weight excluding hydrogens is 304 g/mol. The highest BCUT2D eigenvalue weighted by atomic mass is 16.7. The van der Waals surface area contributed by atoms with E-state index < -0.39 is 36.7 Å². The molecule has 23 heavy (non-hydrogen) atoms. The first-order valence-electron chi connectivity index (χ1n) is 7.57. The van der Waals surface area contributed by atoms with Gasteiger partial charge in [-0.1, -0.05) is 23.3 Å². The Bertz CT molecular complexity index is 453. The largest absolute Gasteiger partial charge is 0.479 e. The second-order valence-electron chi connectivity index (χ2n) is 5.94. The van der Waals surface area contributed by atoms with Gasteiger partial charge in [-0.2, -0.15) is 0 Å². The normalized spacial score (nSPS) is 31.7. The molecule has 7 nitrogen and oxygen atoms in total. The maximum absolute atomic E-state index is 11.0. The number of allylic oxidation sites excluding steroid dienone is 3. The van der Waals surface area contributed by atoms with Crippen LogP contribution in [0.25, 0.3) is 0 Å². The molecule has 7 heteroatoms. The van der Waals surface area contributed by atoms with Crippen molar-refractivity contribution in [2.45, 2.75) is 64.3 Å². The van der Waals surface area contributed by atoms with Crippen LogP contribution < -0.4 is 0 Å². The van der Waals surface area contributed by atoms with Gasteiger partial charge in [0.1, 0.15) is 18.3 Å². The number of carboxylic acids is 1. The number of hydrogen-bond acceptors (Lipinski definition) is 6. The molecule has 1 saturated heterocycles. The average Bonchev–Trinajstić information content (AvgIpc) is 2.46. The molecule has 5 atom stereocenters. The summed E-state index contributed by atoms with van der Waals surface area (Å²) in [7, 11) is 0. The van der Waals surface area contributed by atoms with Crippen molar-refractivity contribution in [2.24, 2.45) is 0 Å². The van der Waals surface area contributed by atoms with Crippen LogP contribution in [0.4, 0.5) is 0 Å². The molecule has 0 bridgehead atoms. The number of aliphatic carboxylic acids is 1. The van der Waals surface area contributed by atoms with Gasteiger partial charge in [-0.3, -0.25) is 0 Å². The summed E-state index contributed by atoms with van der Waals surface area (Å²) in [5.41, 5.74) is 2.34. The van der Waals surface area contributed by atoms with E-state index in [1.807, 2.05) is 26.8 Å². The Morgan fingerprint density at radius 3 is 2.30 bits per heavy atom. The fourth-order valence-corrected chi connectivity index (χ4v) is 2.17. The van der Waals surface area contributed by atoms with Crippen molar-refractivity contribution in [2.75, 3.05) is 6.61 Å². The topological polar surface area (TPSA) is 116 Å². The van der Waals surface area contributed by atoms with Crippen molar-refractivity contribution < 1.29 is 34.7 Å². The van der Waals surface area contributed by atoms with E-state index in [2.05, 4.69) is 6.08 Å². The molecule has 1 rings (SSSR count). The van der Waals surface area contributed by atoms with Crippen molar-refractivity contribution in [3.05, 3.63) is 23.3 Å². The molecular formula is C16H26O7. The van der Waals surface area contributed by atoms with E-state index in [1.165, 1.54) is 5.57 Å². The highest BCUT2D eigenvalue weighted by Gasteiger charge is 2.47. The van der Waals surface area contributed by atoms with Gasteiger partial charge >= 0.3 is 5.97 Å². The Morgan fingerprint density at radius 1 is 1.09 bits per heavy atom. The Kier molecular flexibility index (Phi) is 7.87. The maximum Gasteiger partial charge on any atom is 0.335 e. The van der Waals surface area contributed by atoms with E-state index >= 15 is 0 Å². The van der Waals surface area contributed by atoms with Gasteiger partial charge in [0.15, 0.2) is 12.4 Å². The Balaban J connectivity index is 2.52. The van der Waals surface area contributed by atoms with Gasteiger partial charge in [-0.05, 0) is 33.6 Å². The minimum absolute atomic E-state index is 0.109. The Hall–Kier alpha value is -1.25. The van der Waals surface area contributed by atoms with Gasteiger partial charge in [0.05, 0.1) is 6.61 Å². The summed E-state index contributed by atoms with van der Waals surface area (Å²) in [5, 5.41) is 38.0. The van der Waals surface area contributed by atoms with Gasteiger partial charge in [0.2, 0.25) is 0 Å². The van der Waals surface area contributed by atoms with Crippen LogP contribution in [-0.2, 0) is 14.3 Å². The number of hydrogen-bond donors (Lipinski definition) is 4. The van der Waals surface area contributed by atoms with E-state index in [0.717, 1.165) is 18.4 Å². The molecule has 0 aromatic carbocycles. The maximum atomic E-state index is 11.0. The molecule has 1 fully saturated rings. The van der Waals surface area contributed by atoms with Gasteiger partial charge < -0.3 is 29.9 Å². The first-order valence-corrected chi connectivity index (χ1v) is 7.57. The van der Waals surface area contributed by atoms with Gasteiger partial charge in [-0.15, -0.1) is 0 Å². The van der Waals surface area contributed by atoms with Crippen molar-refractivity contribution in [3.8, 4) is 0 Å². The summed E-state index contributed by atoms with van der Waals surface area (Å²) < 4.78 is 10.3. The van der Waals surface area contributed by atoms with Crippen molar-refractivity contribution in [3.63, 3.8) is 0 Å². The number of aliphatic hydroxyl groups excluding tert-OH is 3. The van der Waals surface area contributed by atoms with E-state index in [1.54, 1.807) is 0 Å². The zero-order chi connectivity index (χ0) is 17.6. The van der Waals surface area contributed by atoms with Crippen LogP contribution >= 0.6 is 0 Å². The van der Waals surface area contributed by atoms with Crippen LogP contribution in [0.2, 0.25) is 0 Å². The molecule has 0 amide bonds. The van der Waals surface area contributed by atoms with Crippen LogP contribution in [0.1, 0.15) is 33.6 Å². The summed E-state index contributed by atoms with van der Waals surface area (Å²) in [4.78, 5) is 11.0. The predicted molar refractivity (Wildman–Crippen MR) is 82.7 cm³/mol. The molecule has 0 aliphatic carbocycles. The number of rotatable bonds is 7. The lowest BCUT2D eigenvalue weighted by atomic mass is 9.99. The summed E-state index contributed by atoms with van der Waals surface area (Å²) in [6.07, 6.45) is -2.09. The summed E-state index contributed by atoms with van der Waals surface area (Å²) >= 11 is 0. The zero-order valence-electron chi connectivity index (χ0n) is 13.7. The summed E-state index contributed by atoms with van der Waals surface area (Å²) in [5.74, 6) is -1.43. The number of aliphatic hydroxyl groups is 3. The van der Waals surface area contributed by atoms with Gasteiger partial charge in [0.25, 0.3) is 0 Å². The fraction of sp³-hybridized carbons (Fsp3) is 0.688. The first-order chi connectivity index (χ1) is 10.7. The first kappa shape index (κ1) is 19.8. The highest BCUT2D eigenvalue weighted by Crippen LogP contribution is 2.22. The molecule has 5 unspecified atom stereocenters.